The highest BCUT2D eigenvalue weighted by Crippen LogP contribution is 2.36. The zero-order valence-corrected chi connectivity index (χ0v) is 13.4. The summed E-state index contributed by atoms with van der Waals surface area (Å²) in [5.41, 5.74) is 2.78. The predicted molar refractivity (Wildman–Crippen MR) is 88.3 cm³/mol. The smallest absolute Gasteiger partial charge is 0.340 e. The number of carbonyl (C=O) groups excluding carboxylic acids is 1. The standard InChI is InChI=1S/C17H19NO2S/c1-4-12(3)15-14(17(19)20-5-2)11-18-16(21-15)13-9-7-6-8-10-13/h6-11H,4-5H2,1-3H3/b15-12+. The van der Waals surface area contributed by atoms with Gasteiger partial charge in [-0.05, 0) is 20.3 Å². The van der Waals surface area contributed by atoms with E-state index >= 15 is 0 Å². The molecule has 0 aromatic heterocycles. The number of aliphatic imine (C=N–C) groups is 1. The van der Waals surface area contributed by atoms with Crippen molar-refractivity contribution in [1.82, 2.24) is 0 Å². The Bertz CT molecular complexity index is 615. The second-order valence-corrected chi connectivity index (χ2v) is 5.63. The summed E-state index contributed by atoms with van der Waals surface area (Å²) in [5.74, 6) is -0.302. The van der Waals surface area contributed by atoms with Crippen molar-refractivity contribution in [2.45, 2.75) is 27.2 Å². The number of carbonyl (C=O) groups is 1. The predicted octanol–water partition coefficient (Wildman–Crippen LogP) is 4.31. The summed E-state index contributed by atoms with van der Waals surface area (Å²) in [7, 11) is 0. The van der Waals surface area contributed by atoms with Crippen LogP contribution >= 0.6 is 11.8 Å². The lowest BCUT2D eigenvalue weighted by atomic mass is 10.1. The fraction of sp³-hybridized carbons (Fsp3) is 0.294. The molecule has 0 saturated carbocycles. The number of ether oxygens (including phenoxy) is 1. The number of hydrogen-bond acceptors (Lipinski definition) is 4. The van der Waals surface area contributed by atoms with Crippen LogP contribution in [-0.4, -0.2) is 17.6 Å². The van der Waals surface area contributed by atoms with Gasteiger partial charge in [0.05, 0.1) is 12.2 Å². The Morgan fingerprint density at radius 3 is 2.57 bits per heavy atom. The number of thioether (sulfide) groups is 1. The maximum Gasteiger partial charge on any atom is 0.340 e. The molecular formula is C17H19NO2S. The first-order valence-electron chi connectivity index (χ1n) is 7.05. The molecule has 1 heterocycles. The molecule has 110 valence electrons. The molecule has 0 unspecified atom stereocenters. The first-order valence-corrected chi connectivity index (χ1v) is 7.87. The van der Waals surface area contributed by atoms with Crippen molar-refractivity contribution in [2.24, 2.45) is 4.99 Å². The monoisotopic (exact) mass is 301 g/mol. The lowest BCUT2D eigenvalue weighted by molar-refractivity contribution is -0.138. The molecule has 0 bridgehead atoms. The minimum Gasteiger partial charge on any atom is -0.462 e. The molecule has 1 aliphatic heterocycles. The molecule has 21 heavy (non-hydrogen) atoms. The Hall–Kier alpha value is -1.81. The summed E-state index contributed by atoms with van der Waals surface area (Å²) >= 11 is 1.54. The summed E-state index contributed by atoms with van der Waals surface area (Å²) in [6.07, 6.45) is 2.52. The lowest BCUT2D eigenvalue weighted by Gasteiger charge is -2.18. The van der Waals surface area contributed by atoms with Gasteiger partial charge in [0.25, 0.3) is 0 Å². The van der Waals surface area contributed by atoms with E-state index < -0.39 is 0 Å². The van der Waals surface area contributed by atoms with Gasteiger partial charge in [-0.1, -0.05) is 54.6 Å². The van der Waals surface area contributed by atoms with Crippen LogP contribution < -0.4 is 0 Å². The topological polar surface area (TPSA) is 38.7 Å². The van der Waals surface area contributed by atoms with E-state index in [0.717, 1.165) is 21.9 Å². The summed E-state index contributed by atoms with van der Waals surface area (Å²) < 4.78 is 5.12. The number of rotatable bonds is 4. The second-order valence-electron chi connectivity index (χ2n) is 4.63. The van der Waals surface area contributed by atoms with Gasteiger partial charge >= 0.3 is 5.97 Å². The van der Waals surface area contributed by atoms with Gasteiger partial charge in [0.1, 0.15) is 5.04 Å². The summed E-state index contributed by atoms with van der Waals surface area (Å²) in [6, 6.07) is 9.99. The summed E-state index contributed by atoms with van der Waals surface area (Å²) in [4.78, 5) is 17.5. The van der Waals surface area contributed by atoms with Crippen LogP contribution in [-0.2, 0) is 9.53 Å². The molecule has 0 spiro atoms. The van der Waals surface area contributed by atoms with E-state index in [0.29, 0.717) is 12.2 Å². The largest absolute Gasteiger partial charge is 0.462 e. The van der Waals surface area contributed by atoms with E-state index in [4.69, 9.17) is 4.74 Å². The number of allylic oxidation sites excluding steroid dienone is 1. The van der Waals surface area contributed by atoms with Gasteiger partial charge in [0, 0.05) is 16.7 Å². The van der Waals surface area contributed by atoms with Gasteiger partial charge in [-0.25, -0.2) is 9.79 Å². The first kappa shape index (κ1) is 15.6. The van der Waals surface area contributed by atoms with E-state index in [-0.39, 0.29) is 5.97 Å². The molecule has 0 radical (unpaired) electrons. The maximum atomic E-state index is 12.1. The van der Waals surface area contributed by atoms with Gasteiger partial charge in [0.15, 0.2) is 0 Å². The minimum absolute atomic E-state index is 0.302. The zero-order chi connectivity index (χ0) is 15.2. The molecule has 1 aromatic rings. The highest BCUT2D eigenvalue weighted by molar-refractivity contribution is 8.18. The third-order valence-corrected chi connectivity index (χ3v) is 4.50. The molecule has 2 rings (SSSR count). The molecule has 0 saturated heterocycles. The maximum absolute atomic E-state index is 12.1. The number of esters is 1. The van der Waals surface area contributed by atoms with Gasteiger partial charge < -0.3 is 4.74 Å². The van der Waals surface area contributed by atoms with E-state index in [1.54, 1.807) is 18.0 Å². The average Bonchev–Trinajstić information content (AvgIpc) is 2.54. The number of benzene rings is 1. The molecular weight excluding hydrogens is 282 g/mol. The van der Waals surface area contributed by atoms with Crippen molar-refractivity contribution in [3.05, 3.63) is 58.1 Å². The second kappa shape index (κ2) is 7.27. The van der Waals surface area contributed by atoms with Crippen LogP contribution in [0.25, 0.3) is 0 Å². The molecule has 0 fully saturated rings. The highest BCUT2D eigenvalue weighted by atomic mass is 32.2. The number of hydrogen-bond donors (Lipinski definition) is 0. The Balaban J connectivity index is 2.41. The van der Waals surface area contributed by atoms with Gasteiger partial charge in [0.2, 0.25) is 0 Å². The van der Waals surface area contributed by atoms with E-state index in [1.807, 2.05) is 44.2 Å². The Kier molecular flexibility index (Phi) is 5.39. The number of nitrogens with zero attached hydrogens (tertiary/aromatic N) is 1. The SMILES string of the molecule is CCOC(=O)C1=CN=C(c2ccccc2)S/C1=C(\C)CC. The Morgan fingerprint density at radius 1 is 1.24 bits per heavy atom. The van der Waals surface area contributed by atoms with E-state index in [9.17, 15) is 4.79 Å². The van der Waals surface area contributed by atoms with Gasteiger partial charge in [-0.15, -0.1) is 0 Å². The van der Waals surface area contributed by atoms with E-state index in [1.165, 1.54) is 5.57 Å². The Morgan fingerprint density at radius 2 is 1.95 bits per heavy atom. The summed E-state index contributed by atoms with van der Waals surface area (Å²) in [5, 5.41) is 0.909. The molecule has 0 N–H and O–H groups in total. The van der Waals surface area contributed by atoms with Crippen LogP contribution in [0.2, 0.25) is 0 Å². The van der Waals surface area contributed by atoms with Crippen molar-refractivity contribution in [1.29, 1.82) is 0 Å². The van der Waals surface area contributed by atoms with Gasteiger partial charge in [-0.2, -0.15) is 0 Å². The van der Waals surface area contributed by atoms with Crippen LogP contribution in [0, 0.1) is 0 Å². The fourth-order valence-electron chi connectivity index (χ4n) is 1.91. The third-order valence-electron chi connectivity index (χ3n) is 3.19. The van der Waals surface area contributed by atoms with Crippen LogP contribution in [0.15, 0.2) is 57.6 Å². The third kappa shape index (κ3) is 3.64. The van der Waals surface area contributed by atoms with Crippen LogP contribution in [0.4, 0.5) is 0 Å². The van der Waals surface area contributed by atoms with Crippen molar-refractivity contribution in [3.63, 3.8) is 0 Å². The van der Waals surface area contributed by atoms with Crippen molar-refractivity contribution >= 4 is 22.8 Å². The first-order chi connectivity index (χ1) is 10.2. The Labute approximate surface area is 129 Å². The quantitative estimate of drug-likeness (QED) is 0.778. The molecule has 1 aromatic carbocycles. The minimum atomic E-state index is -0.302. The molecule has 0 aliphatic carbocycles. The molecule has 3 nitrogen and oxygen atoms in total. The van der Waals surface area contributed by atoms with E-state index in [2.05, 4.69) is 11.9 Å². The van der Waals surface area contributed by atoms with Crippen molar-refractivity contribution < 1.29 is 9.53 Å². The molecule has 0 amide bonds. The normalized spacial score (nSPS) is 16.9. The van der Waals surface area contributed by atoms with Crippen LogP contribution in [0.1, 0.15) is 32.8 Å². The molecule has 1 aliphatic rings. The fourth-order valence-corrected chi connectivity index (χ4v) is 3.02. The lowest BCUT2D eigenvalue weighted by Crippen LogP contribution is -2.13. The highest BCUT2D eigenvalue weighted by Gasteiger charge is 2.24. The molecule has 0 atom stereocenters. The van der Waals surface area contributed by atoms with Gasteiger partial charge in [-0.3, -0.25) is 0 Å². The van der Waals surface area contributed by atoms with Crippen LogP contribution in [0.3, 0.4) is 0 Å². The average molecular weight is 301 g/mol. The van der Waals surface area contributed by atoms with Crippen molar-refractivity contribution in [3.8, 4) is 0 Å². The molecule has 4 heteroatoms. The summed E-state index contributed by atoms with van der Waals surface area (Å²) in [6.45, 7) is 6.31. The van der Waals surface area contributed by atoms with Crippen molar-refractivity contribution in [2.75, 3.05) is 6.61 Å². The van der Waals surface area contributed by atoms with Crippen LogP contribution in [0.5, 0.6) is 0 Å². The zero-order valence-electron chi connectivity index (χ0n) is 12.6.